The van der Waals surface area contributed by atoms with Gasteiger partial charge >= 0.3 is 0 Å². The Bertz CT molecular complexity index is 161. The Morgan fingerprint density at radius 3 is 3.08 bits per heavy atom. The minimum Gasteiger partial charge on any atom is -0.298 e. The van der Waals surface area contributed by atoms with Gasteiger partial charge in [0.05, 0.1) is 0 Å². The topological polar surface area (TPSA) is 3.24 Å². The number of hydrogen-bond donors (Lipinski definition) is 0. The largest absolute Gasteiger partial charge is 0.298 e. The Morgan fingerprint density at radius 2 is 2.50 bits per heavy atom. The van der Waals surface area contributed by atoms with Crippen molar-refractivity contribution >= 4 is 23.4 Å². The fourth-order valence-electron chi connectivity index (χ4n) is 1.67. The van der Waals surface area contributed by atoms with Crippen LogP contribution in [-0.4, -0.2) is 36.5 Å². The lowest BCUT2D eigenvalue weighted by atomic mass is 10.2. The van der Waals surface area contributed by atoms with E-state index in [2.05, 4.69) is 17.7 Å². The van der Waals surface area contributed by atoms with E-state index in [0.717, 1.165) is 17.5 Å². The summed E-state index contributed by atoms with van der Waals surface area (Å²) >= 11 is 7.68. The molecule has 1 aliphatic rings. The Balaban J connectivity index is 2.21. The van der Waals surface area contributed by atoms with E-state index in [-0.39, 0.29) is 0 Å². The van der Waals surface area contributed by atoms with Gasteiger partial charge in [-0.3, -0.25) is 4.90 Å². The van der Waals surface area contributed by atoms with E-state index in [9.17, 15) is 0 Å². The number of rotatable bonds is 4. The maximum Gasteiger partial charge on any atom is 0.0335 e. The molecule has 0 saturated carbocycles. The standard InChI is InChI=1S/C9H16ClNS/c1-8(10)5-11-4-3-9(6-11)7-12-2/h9H,1,3-7H2,2H3/t9-/m1/s1. The average Bonchev–Trinajstić information content (AvgIpc) is 2.36. The predicted molar refractivity (Wildman–Crippen MR) is 57.9 cm³/mol. The molecule has 1 heterocycles. The second-order valence-corrected chi connectivity index (χ2v) is 4.81. The molecule has 0 aliphatic carbocycles. The third kappa shape index (κ3) is 3.38. The van der Waals surface area contributed by atoms with Crippen LogP contribution in [-0.2, 0) is 0 Å². The monoisotopic (exact) mass is 205 g/mol. The Labute approximate surface area is 84.1 Å². The van der Waals surface area contributed by atoms with Crippen LogP contribution in [0.5, 0.6) is 0 Å². The summed E-state index contributed by atoms with van der Waals surface area (Å²) in [7, 11) is 0. The van der Waals surface area contributed by atoms with Crippen LogP contribution in [0.4, 0.5) is 0 Å². The molecule has 0 spiro atoms. The summed E-state index contributed by atoms with van der Waals surface area (Å²) in [5.41, 5.74) is 0. The van der Waals surface area contributed by atoms with Crippen LogP contribution in [0.1, 0.15) is 6.42 Å². The van der Waals surface area contributed by atoms with Gasteiger partial charge in [0.15, 0.2) is 0 Å². The van der Waals surface area contributed by atoms with Gasteiger partial charge in [0.1, 0.15) is 0 Å². The van der Waals surface area contributed by atoms with Crippen molar-refractivity contribution in [3.05, 3.63) is 11.6 Å². The Kier molecular flexibility index (Phi) is 4.47. The molecule has 1 rings (SSSR count). The van der Waals surface area contributed by atoms with Gasteiger partial charge < -0.3 is 0 Å². The fraction of sp³-hybridized carbons (Fsp3) is 0.778. The molecule has 70 valence electrons. The molecule has 0 aromatic rings. The van der Waals surface area contributed by atoms with E-state index in [1.165, 1.54) is 25.3 Å². The fourth-order valence-corrected chi connectivity index (χ4v) is 2.58. The summed E-state index contributed by atoms with van der Waals surface area (Å²) in [5.74, 6) is 2.15. The molecule has 0 aromatic heterocycles. The molecule has 0 amide bonds. The molecule has 0 unspecified atom stereocenters. The molecule has 0 N–H and O–H groups in total. The van der Waals surface area contributed by atoms with E-state index in [1.807, 2.05) is 11.8 Å². The predicted octanol–water partition coefficient (Wildman–Crippen LogP) is 2.42. The quantitative estimate of drug-likeness (QED) is 0.694. The molecule has 1 saturated heterocycles. The zero-order chi connectivity index (χ0) is 8.97. The maximum absolute atomic E-state index is 5.74. The van der Waals surface area contributed by atoms with E-state index in [0.29, 0.717) is 0 Å². The lowest BCUT2D eigenvalue weighted by molar-refractivity contribution is 0.362. The molecule has 1 fully saturated rings. The minimum atomic E-state index is 0.764. The summed E-state index contributed by atoms with van der Waals surface area (Å²) < 4.78 is 0. The van der Waals surface area contributed by atoms with Crippen molar-refractivity contribution in [3.63, 3.8) is 0 Å². The van der Waals surface area contributed by atoms with Crippen molar-refractivity contribution in [2.24, 2.45) is 5.92 Å². The van der Waals surface area contributed by atoms with Gasteiger partial charge in [-0.1, -0.05) is 18.2 Å². The van der Waals surface area contributed by atoms with Crippen LogP contribution in [0.25, 0.3) is 0 Å². The van der Waals surface area contributed by atoms with Gasteiger partial charge in [-0.2, -0.15) is 11.8 Å². The lowest BCUT2D eigenvalue weighted by Gasteiger charge is -2.14. The van der Waals surface area contributed by atoms with Crippen molar-refractivity contribution in [1.29, 1.82) is 0 Å². The molecule has 1 nitrogen and oxygen atoms in total. The summed E-state index contributed by atoms with van der Waals surface area (Å²) in [6, 6.07) is 0. The van der Waals surface area contributed by atoms with E-state index in [1.54, 1.807) is 0 Å². The van der Waals surface area contributed by atoms with Crippen molar-refractivity contribution in [1.82, 2.24) is 4.90 Å². The normalized spacial score (nSPS) is 24.7. The molecule has 0 aromatic carbocycles. The van der Waals surface area contributed by atoms with Gasteiger partial charge in [0.25, 0.3) is 0 Å². The summed E-state index contributed by atoms with van der Waals surface area (Å²) in [6.45, 7) is 6.97. The van der Waals surface area contributed by atoms with Gasteiger partial charge in [-0.05, 0) is 30.9 Å². The molecule has 1 aliphatic heterocycles. The van der Waals surface area contributed by atoms with E-state index >= 15 is 0 Å². The first-order chi connectivity index (χ1) is 5.72. The highest BCUT2D eigenvalue weighted by Crippen LogP contribution is 2.20. The Hall–Kier alpha value is 0.340. The highest BCUT2D eigenvalue weighted by molar-refractivity contribution is 7.98. The van der Waals surface area contributed by atoms with Gasteiger partial charge in [0.2, 0.25) is 0 Å². The number of nitrogens with zero attached hydrogens (tertiary/aromatic N) is 1. The van der Waals surface area contributed by atoms with Gasteiger partial charge in [-0.15, -0.1) is 0 Å². The molecule has 12 heavy (non-hydrogen) atoms. The number of likely N-dealkylation sites (tertiary alicyclic amines) is 1. The van der Waals surface area contributed by atoms with E-state index < -0.39 is 0 Å². The number of halogens is 1. The summed E-state index contributed by atoms with van der Waals surface area (Å²) in [6.07, 6.45) is 3.49. The smallest absolute Gasteiger partial charge is 0.0335 e. The maximum atomic E-state index is 5.74. The van der Waals surface area contributed by atoms with Crippen molar-refractivity contribution in [2.75, 3.05) is 31.6 Å². The third-order valence-electron chi connectivity index (χ3n) is 2.17. The minimum absolute atomic E-state index is 0.764. The van der Waals surface area contributed by atoms with Crippen LogP contribution < -0.4 is 0 Å². The van der Waals surface area contributed by atoms with E-state index in [4.69, 9.17) is 11.6 Å². The van der Waals surface area contributed by atoms with Crippen LogP contribution >= 0.6 is 23.4 Å². The first-order valence-electron chi connectivity index (χ1n) is 4.27. The van der Waals surface area contributed by atoms with Crippen LogP contribution in [0, 0.1) is 5.92 Å². The highest BCUT2D eigenvalue weighted by Gasteiger charge is 2.21. The molecular formula is C9H16ClNS. The van der Waals surface area contributed by atoms with Crippen LogP contribution in [0.2, 0.25) is 0 Å². The number of thioether (sulfide) groups is 1. The first kappa shape index (κ1) is 10.4. The lowest BCUT2D eigenvalue weighted by Crippen LogP contribution is -2.22. The summed E-state index contributed by atoms with van der Waals surface area (Å²) in [5, 5.41) is 0.764. The zero-order valence-electron chi connectivity index (χ0n) is 7.55. The molecule has 1 atom stereocenters. The second kappa shape index (κ2) is 5.15. The SMILES string of the molecule is C=C(Cl)CN1CC[C@@H](CSC)C1. The van der Waals surface area contributed by atoms with Crippen molar-refractivity contribution < 1.29 is 0 Å². The van der Waals surface area contributed by atoms with Crippen molar-refractivity contribution in [2.45, 2.75) is 6.42 Å². The van der Waals surface area contributed by atoms with Crippen LogP contribution in [0.3, 0.4) is 0 Å². The van der Waals surface area contributed by atoms with Crippen molar-refractivity contribution in [3.8, 4) is 0 Å². The molecule has 0 radical (unpaired) electrons. The van der Waals surface area contributed by atoms with Gasteiger partial charge in [0, 0.05) is 18.1 Å². The van der Waals surface area contributed by atoms with Crippen LogP contribution in [0.15, 0.2) is 11.6 Å². The molecular weight excluding hydrogens is 190 g/mol. The second-order valence-electron chi connectivity index (χ2n) is 3.36. The number of hydrogen-bond acceptors (Lipinski definition) is 2. The third-order valence-corrected chi connectivity index (χ3v) is 3.09. The zero-order valence-corrected chi connectivity index (χ0v) is 9.13. The Morgan fingerprint density at radius 1 is 1.75 bits per heavy atom. The highest BCUT2D eigenvalue weighted by atomic mass is 35.5. The first-order valence-corrected chi connectivity index (χ1v) is 6.04. The molecule has 0 bridgehead atoms. The summed E-state index contributed by atoms with van der Waals surface area (Å²) in [4.78, 5) is 2.39. The average molecular weight is 206 g/mol. The van der Waals surface area contributed by atoms with Gasteiger partial charge in [-0.25, -0.2) is 0 Å². The molecule has 3 heteroatoms.